The van der Waals surface area contributed by atoms with Crippen LogP contribution in [0.2, 0.25) is 0 Å². The van der Waals surface area contributed by atoms with E-state index >= 15 is 0 Å². The molecule has 1 fully saturated rings. The van der Waals surface area contributed by atoms with Gasteiger partial charge in [-0.1, -0.05) is 0 Å². The average Bonchev–Trinajstić information content (AvgIpc) is 2.65. The molecule has 0 aliphatic carbocycles. The van der Waals surface area contributed by atoms with Gasteiger partial charge in [-0.15, -0.1) is 0 Å². The topological polar surface area (TPSA) is 62.6 Å². The van der Waals surface area contributed by atoms with Gasteiger partial charge in [0.05, 0.1) is 18.9 Å². The molecule has 15 heavy (non-hydrogen) atoms. The van der Waals surface area contributed by atoms with E-state index in [1.807, 2.05) is 6.07 Å². The van der Waals surface area contributed by atoms with Gasteiger partial charge >= 0.3 is 0 Å². The third kappa shape index (κ3) is 2.81. The molecule has 1 aromatic rings. The second-order valence-corrected chi connectivity index (χ2v) is 4.16. The number of nitrogens with zero attached hydrogens (tertiary/aromatic N) is 1. The SMILES string of the molecule is NCc1coc(CN2CCCC(O)C2)c1. The molecule has 2 heterocycles. The van der Waals surface area contributed by atoms with E-state index in [1.165, 1.54) is 0 Å². The Kier molecular flexibility index (Phi) is 3.41. The van der Waals surface area contributed by atoms with E-state index in [-0.39, 0.29) is 6.10 Å². The van der Waals surface area contributed by atoms with Crippen molar-refractivity contribution < 1.29 is 9.52 Å². The third-order valence-electron chi connectivity index (χ3n) is 2.80. The minimum absolute atomic E-state index is 0.178. The maximum Gasteiger partial charge on any atom is 0.118 e. The normalized spacial score (nSPS) is 23.2. The van der Waals surface area contributed by atoms with Crippen LogP contribution in [0.1, 0.15) is 24.2 Å². The second kappa shape index (κ2) is 4.79. The molecule has 0 radical (unpaired) electrons. The monoisotopic (exact) mass is 210 g/mol. The summed E-state index contributed by atoms with van der Waals surface area (Å²) >= 11 is 0. The van der Waals surface area contributed by atoms with E-state index in [9.17, 15) is 5.11 Å². The van der Waals surface area contributed by atoms with Crippen LogP contribution in [-0.2, 0) is 13.1 Å². The van der Waals surface area contributed by atoms with Gasteiger partial charge in [-0.2, -0.15) is 0 Å². The van der Waals surface area contributed by atoms with E-state index < -0.39 is 0 Å². The van der Waals surface area contributed by atoms with Crippen LogP contribution < -0.4 is 5.73 Å². The Morgan fingerprint density at radius 3 is 3.13 bits per heavy atom. The molecule has 1 atom stereocenters. The van der Waals surface area contributed by atoms with Gasteiger partial charge in [0.25, 0.3) is 0 Å². The third-order valence-corrected chi connectivity index (χ3v) is 2.80. The Labute approximate surface area is 89.7 Å². The van der Waals surface area contributed by atoms with Crippen molar-refractivity contribution in [3.8, 4) is 0 Å². The molecule has 84 valence electrons. The number of hydrogen-bond donors (Lipinski definition) is 2. The lowest BCUT2D eigenvalue weighted by molar-refractivity contribution is 0.0633. The largest absolute Gasteiger partial charge is 0.468 e. The maximum absolute atomic E-state index is 9.52. The highest BCUT2D eigenvalue weighted by Crippen LogP contribution is 2.15. The second-order valence-electron chi connectivity index (χ2n) is 4.16. The Hall–Kier alpha value is -0.840. The zero-order chi connectivity index (χ0) is 10.7. The van der Waals surface area contributed by atoms with E-state index in [2.05, 4.69) is 4.90 Å². The average molecular weight is 210 g/mol. The number of rotatable bonds is 3. The fraction of sp³-hybridized carbons (Fsp3) is 0.636. The summed E-state index contributed by atoms with van der Waals surface area (Å²) in [7, 11) is 0. The van der Waals surface area contributed by atoms with Crippen molar-refractivity contribution in [2.24, 2.45) is 5.73 Å². The molecule has 2 rings (SSSR count). The van der Waals surface area contributed by atoms with Crippen LogP contribution in [0.25, 0.3) is 0 Å². The number of aliphatic hydroxyl groups is 1. The number of hydrogen-bond acceptors (Lipinski definition) is 4. The molecule has 0 saturated carbocycles. The lowest BCUT2D eigenvalue weighted by Gasteiger charge is -2.29. The van der Waals surface area contributed by atoms with Crippen LogP contribution in [0.5, 0.6) is 0 Å². The maximum atomic E-state index is 9.52. The van der Waals surface area contributed by atoms with E-state index in [1.54, 1.807) is 6.26 Å². The Bertz CT molecular complexity index is 311. The van der Waals surface area contributed by atoms with Crippen LogP contribution >= 0.6 is 0 Å². The zero-order valence-corrected chi connectivity index (χ0v) is 8.85. The highest BCUT2D eigenvalue weighted by molar-refractivity contribution is 5.12. The Morgan fingerprint density at radius 1 is 1.60 bits per heavy atom. The fourth-order valence-electron chi connectivity index (χ4n) is 2.01. The fourth-order valence-corrected chi connectivity index (χ4v) is 2.01. The number of piperidine rings is 1. The van der Waals surface area contributed by atoms with Gasteiger partial charge in [0.2, 0.25) is 0 Å². The summed E-state index contributed by atoms with van der Waals surface area (Å²) in [5.74, 6) is 0.935. The molecule has 1 unspecified atom stereocenters. The summed E-state index contributed by atoms with van der Waals surface area (Å²) in [4.78, 5) is 2.22. The highest BCUT2D eigenvalue weighted by atomic mass is 16.3. The van der Waals surface area contributed by atoms with Crippen LogP contribution in [0.15, 0.2) is 16.7 Å². The summed E-state index contributed by atoms with van der Waals surface area (Å²) < 4.78 is 5.39. The van der Waals surface area contributed by atoms with Crippen molar-refractivity contribution >= 4 is 0 Å². The van der Waals surface area contributed by atoms with Crippen molar-refractivity contribution in [1.29, 1.82) is 0 Å². The predicted molar refractivity (Wildman–Crippen MR) is 57.1 cm³/mol. The molecule has 1 aliphatic heterocycles. The van der Waals surface area contributed by atoms with Gasteiger partial charge in [0, 0.05) is 18.7 Å². The summed E-state index contributed by atoms with van der Waals surface area (Å²) in [6.07, 6.45) is 3.51. The molecular weight excluding hydrogens is 192 g/mol. The van der Waals surface area contributed by atoms with Gasteiger partial charge < -0.3 is 15.3 Å². The summed E-state index contributed by atoms with van der Waals surface area (Å²) in [6.45, 7) is 3.08. The molecule has 0 spiro atoms. The lowest BCUT2D eigenvalue weighted by Crippen LogP contribution is -2.37. The lowest BCUT2D eigenvalue weighted by atomic mass is 10.1. The van der Waals surface area contributed by atoms with Crippen LogP contribution in [0.3, 0.4) is 0 Å². The molecule has 3 N–H and O–H groups in total. The molecule has 0 amide bonds. The minimum atomic E-state index is -0.178. The summed E-state index contributed by atoms with van der Waals surface area (Å²) in [6, 6.07) is 1.99. The molecule has 1 aliphatic rings. The number of aliphatic hydroxyl groups excluding tert-OH is 1. The molecule has 0 aromatic carbocycles. The highest BCUT2D eigenvalue weighted by Gasteiger charge is 2.18. The number of β-amino-alcohol motifs (C(OH)–C–C–N with tert-alkyl or cyclic N) is 1. The first-order valence-corrected chi connectivity index (χ1v) is 5.44. The first kappa shape index (κ1) is 10.7. The standard InChI is InChI=1S/C11H18N2O2/c12-5-9-4-11(15-8-9)7-13-3-1-2-10(14)6-13/h4,8,10,14H,1-3,5-7,12H2. The van der Waals surface area contributed by atoms with Crippen LogP contribution in [0.4, 0.5) is 0 Å². The van der Waals surface area contributed by atoms with Crippen molar-refractivity contribution in [2.45, 2.75) is 32.0 Å². The van der Waals surface area contributed by atoms with Crippen molar-refractivity contribution in [2.75, 3.05) is 13.1 Å². The number of likely N-dealkylation sites (tertiary alicyclic amines) is 1. The molecule has 4 heteroatoms. The van der Waals surface area contributed by atoms with Crippen LogP contribution in [0, 0.1) is 0 Å². The van der Waals surface area contributed by atoms with Gasteiger partial charge in [0.1, 0.15) is 5.76 Å². The van der Waals surface area contributed by atoms with Gasteiger partial charge in [-0.3, -0.25) is 4.90 Å². The summed E-state index contributed by atoms with van der Waals surface area (Å²) in [5.41, 5.74) is 6.53. The summed E-state index contributed by atoms with van der Waals surface area (Å²) in [5, 5.41) is 9.52. The number of furan rings is 1. The Balaban J connectivity index is 1.90. The van der Waals surface area contributed by atoms with Gasteiger partial charge in [-0.05, 0) is 25.5 Å². The van der Waals surface area contributed by atoms with E-state index in [4.69, 9.17) is 10.2 Å². The molecular formula is C11H18N2O2. The first-order chi connectivity index (χ1) is 7.28. The van der Waals surface area contributed by atoms with Crippen molar-refractivity contribution in [3.05, 3.63) is 23.7 Å². The van der Waals surface area contributed by atoms with Crippen LogP contribution in [-0.4, -0.2) is 29.2 Å². The zero-order valence-electron chi connectivity index (χ0n) is 8.85. The van der Waals surface area contributed by atoms with Gasteiger partial charge in [0.15, 0.2) is 0 Å². The Morgan fingerprint density at radius 2 is 2.47 bits per heavy atom. The minimum Gasteiger partial charge on any atom is -0.468 e. The van der Waals surface area contributed by atoms with E-state index in [0.717, 1.165) is 43.8 Å². The van der Waals surface area contributed by atoms with Crippen molar-refractivity contribution in [1.82, 2.24) is 4.90 Å². The number of nitrogens with two attached hydrogens (primary N) is 1. The molecule has 4 nitrogen and oxygen atoms in total. The molecule has 0 bridgehead atoms. The van der Waals surface area contributed by atoms with Gasteiger partial charge in [-0.25, -0.2) is 0 Å². The van der Waals surface area contributed by atoms with E-state index in [0.29, 0.717) is 6.54 Å². The molecule has 1 saturated heterocycles. The first-order valence-electron chi connectivity index (χ1n) is 5.44. The van der Waals surface area contributed by atoms with Crippen molar-refractivity contribution in [3.63, 3.8) is 0 Å². The smallest absolute Gasteiger partial charge is 0.118 e. The quantitative estimate of drug-likeness (QED) is 0.770. The molecule has 1 aromatic heterocycles. The predicted octanol–water partition coefficient (Wildman–Crippen LogP) is 0.695.